The number of halogens is 5. The molecular weight excluding hydrogens is 364 g/mol. The van der Waals surface area contributed by atoms with Crippen molar-refractivity contribution in [3.63, 3.8) is 0 Å². The van der Waals surface area contributed by atoms with Crippen LogP contribution in [0.5, 0.6) is 5.75 Å². The van der Waals surface area contributed by atoms with Gasteiger partial charge in [-0.25, -0.2) is 0 Å². The first-order chi connectivity index (χ1) is 10.8. The average Bonchev–Trinajstić information content (AvgIpc) is 2.46. The largest absolute Gasteiger partial charge is 0.573 e. The van der Waals surface area contributed by atoms with E-state index in [-0.39, 0.29) is 29.2 Å². The third kappa shape index (κ3) is 6.31. The van der Waals surface area contributed by atoms with E-state index in [4.69, 9.17) is 11.6 Å². The molecule has 1 N–H and O–H groups in total. The molecule has 0 amide bonds. The van der Waals surface area contributed by atoms with Crippen molar-refractivity contribution in [1.82, 2.24) is 10.2 Å². The zero-order valence-corrected chi connectivity index (χ0v) is 15.3. The van der Waals surface area contributed by atoms with E-state index >= 15 is 0 Å². The number of nitrogens with one attached hydrogen (secondary N) is 1. The molecule has 0 aromatic heterocycles. The van der Waals surface area contributed by atoms with Crippen LogP contribution >= 0.6 is 24.0 Å². The summed E-state index contributed by atoms with van der Waals surface area (Å²) in [5.41, 5.74) is 0.931. The van der Waals surface area contributed by atoms with Crippen molar-refractivity contribution in [2.45, 2.75) is 32.7 Å². The van der Waals surface area contributed by atoms with Crippen molar-refractivity contribution in [2.24, 2.45) is 5.92 Å². The Morgan fingerprint density at radius 2 is 1.88 bits per heavy atom. The number of hydrogen-bond acceptors (Lipinski definition) is 3. The minimum absolute atomic E-state index is 0. The molecule has 8 heteroatoms. The quantitative estimate of drug-likeness (QED) is 0.796. The van der Waals surface area contributed by atoms with Gasteiger partial charge in [-0.05, 0) is 30.0 Å². The van der Waals surface area contributed by atoms with Crippen LogP contribution in [0.4, 0.5) is 13.2 Å². The maximum absolute atomic E-state index is 12.3. The van der Waals surface area contributed by atoms with E-state index in [0.717, 1.165) is 38.2 Å². The van der Waals surface area contributed by atoms with Gasteiger partial charge in [0, 0.05) is 32.2 Å². The highest BCUT2D eigenvalue weighted by atomic mass is 35.5. The summed E-state index contributed by atoms with van der Waals surface area (Å²) in [6.07, 6.45) is -3.81. The lowest BCUT2D eigenvalue weighted by molar-refractivity contribution is -0.274. The van der Waals surface area contributed by atoms with Gasteiger partial charge >= 0.3 is 6.36 Å². The summed E-state index contributed by atoms with van der Waals surface area (Å²) in [4.78, 5) is 2.35. The van der Waals surface area contributed by atoms with E-state index in [0.29, 0.717) is 5.92 Å². The summed E-state index contributed by atoms with van der Waals surface area (Å²) in [7, 11) is 0. The number of ether oxygens (including phenoxy) is 1. The molecule has 0 aliphatic carbocycles. The van der Waals surface area contributed by atoms with Gasteiger partial charge in [0.15, 0.2) is 0 Å². The van der Waals surface area contributed by atoms with E-state index in [9.17, 15) is 13.2 Å². The van der Waals surface area contributed by atoms with Crippen LogP contribution in [-0.4, -0.2) is 37.4 Å². The molecular formula is C16H23Cl2F3N2O. The van der Waals surface area contributed by atoms with Crippen molar-refractivity contribution in [1.29, 1.82) is 0 Å². The molecule has 0 saturated carbocycles. The van der Waals surface area contributed by atoms with Crippen LogP contribution < -0.4 is 10.1 Å². The van der Waals surface area contributed by atoms with Crippen LogP contribution in [0.15, 0.2) is 18.2 Å². The van der Waals surface area contributed by atoms with Gasteiger partial charge < -0.3 is 10.1 Å². The summed E-state index contributed by atoms with van der Waals surface area (Å²) in [6.45, 7) is 7.93. The molecule has 1 saturated heterocycles. The fraction of sp³-hybridized carbons (Fsp3) is 0.625. The molecule has 0 unspecified atom stereocenters. The number of rotatable bonds is 5. The van der Waals surface area contributed by atoms with Crippen LogP contribution in [-0.2, 0) is 0 Å². The molecule has 1 aromatic carbocycles. The SMILES string of the molecule is CC(C)C[C@H](c1ccc(OC(F)(F)F)c(Cl)c1)N1CCNCC1.Cl. The van der Waals surface area contributed by atoms with Gasteiger partial charge in [0.1, 0.15) is 5.75 Å². The molecule has 0 radical (unpaired) electrons. The minimum atomic E-state index is -4.74. The first-order valence-corrected chi connectivity index (χ1v) is 8.14. The van der Waals surface area contributed by atoms with Gasteiger partial charge in [0.2, 0.25) is 0 Å². The number of piperazine rings is 1. The monoisotopic (exact) mass is 386 g/mol. The highest BCUT2D eigenvalue weighted by molar-refractivity contribution is 6.32. The van der Waals surface area contributed by atoms with Crippen molar-refractivity contribution in [3.05, 3.63) is 28.8 Å². The predicted molar refractivity (Wildman–Crippen MR) is 92.0 cm³/mol. The smallest absolute Gasteiger partial charge is 0.404 e. The first-order valence-electron chi connectivity index (χ1n) is 7.76. The fourth-order valence-electron chi connectivity index (χ4n) is 2.87. The summed E-state index contributed by atoms with van der Waals surface area (Å²) < 4.78 is 41.0. The summed E-state index contributed by atoms with van der Waals surface area (Å²) in [5.74, 6) is 0.117. The zero-order valence-electron chi connectivity index (χ0n) is 13.7. The topological polar surface area (TPSA) is 24.5 Å². The molecule has 0 spiro atoms. The van der Waals surface area contributed by atoms with Crippen molar-refractivity contribution in [3.8, 4) is 5.75 Å². The second-order valence-corrected chi connectivity index (χ2v) is 6.58. The van der Waals surface area contributed by atoms with Crippen LogP contribution in [0.2, 0.25) is 5.02 Å². The van der Waals surface area contributed by atoms with E-state index < -0.39 is 6.36 Å². The number of hydrogen-bond donors (Lipinski definition) is 1. The molecule has 2 rings (SSSR count). The second kappa shape index (κ2) is 9.13. The van der Waals surface area contributed by atoms with E-state index in [2.05, 4.69) is 28.8 Å². The number of benzene rings is 1. The summed E-state index contributed by atoms with van der Waals surface area (Å²) >= 11 is 6.00. The lowest BCUT2D eigenvalue weighted by Crippen LogP contribution is -2.45. The van der Waals surface area contributed by atoms with Crippen molar-refractivity contribution >= 4 is 24.0 Å². The normalized spacial score (nSPS) is 17.5. The maximum atomic E-state index is 12.3. The molecule has 1 aromatic rings. The van der Waals surface area contributed by atoms with Crippen LogP contribution in [0.3, 0.4) is 0 Å². The number of nitrogens with zero attached hydrogens (tertiary/aromatic N) is 1. The van der Waals surface area contributed by atoms with Crippen molar-refractivity contribution in [2.75, 3.05) is 26.2 Å². The Hall–Kier alpha value is -0.690. The van der Waals surface area contributed by atoms with Gasteiger partial charge in [-0.15, -0.1) is 25.6 Å². The average molecular weight is 387 g/mol. The fourth-order valence-corrected chi connectivity index (χ4v) is 3.10. The van der Waals surface area contributed by atoms with Gasteiger partial charge in [0.25, 0.3) is 0 Å². The molecule has 1 atom stereocenters. The van der Waals surface area contributed by atoms with E-state index in [1.54, 1.807) is 12.1 Å². The van der Waals surface area contributed by atoms with Gasteiger partial charge in [-0.3, -0.25) is 4.90 Å². The Bertz CT molecular complexity index is 521. The van der Waals surface area contributed by atoms with Gasteiger partial charge in [-0.1, -0.05) is 31.5 Å². The Kier molecular flexibility index (Phi) is 8.12. The Morgan fingerprint density at radius 1 is 1.25 bits per heavy atom. The molecule has 1 aliphatic rings. The third-order valence-electron chi connectivity index (χ3n) is 3.85. The Balaban J connectivity index is 0.00000288. The van der Waals surface area contributed by atoms with Gasteiger partial charge in [-0.2, -0.15) is 0 Å². The second-order valence-electron chi connectivity index (χ2n) is 6.17. The summed E-state index contributed by atoms with van der Waals surface area (Å²) in [5, 5.41) is 3.30. The van der Waals surface area contributed by atoms with Crippen LogP contribution in [0.25, 0.3) is 0 Å². The molecule has 0 bridgehead atoms. The highest BCUT2D eigenvalue weighted by Crippen LogP contribution is 2.35. The van der Waals surface area contributed by atoms with E-state index in [1.807, 2.05) is 0 Å². The van der Waals surface area contributed by atoms with Crippen LogP contribution in [0, 0.1) is 5.92 Å². The van der Waals surface area contributed by atoms with Crippen molar-refractivity contribution < 1.29 is 17.9 Å². The lowest BCUT2D eigenvalue weighted by atomic mass is 9.95. The lowest BCUT2D eigenvalue weighted by Gasteiger charge is -2.36. The molecule has 1 aliphatic heterocycles. The maximum Gasteiger partial charge on any atom is 0.573 e. The zero-order chi connectivity index (χ0) is 17.0. The number of alkyl halides is 3. The summed E-state index contributed by atoms with van der Waals surface area (Å²) in [6, 6.07) is 4.73. The molecule has 138 valence electrons. The van der Waals surface area contributed by atoms with Crippen LogP contribution in [0.1, 0.15) is 31.9 Å². The minimum Gasteiger partial charge on any atom is -0.404 e. The highest BCUT2D eigenvalue weighted by Gasteiger charge is 2.32. The first kappa shape index (κ1) is 21.4. The predicted octanol–water partition coefficient (Wildman–Crippen LogP) is 4.65. The standard InChI is InChI=1S/C16H22ClF3N2O.ClH/c1-11(2)9-14(22-7-5-21-6-8-22)12-3-4-15(13(17)10-12)23-16(18,19)20;/h3-4,10-11,14,21H,5-9H2,1-2H3;1H/t14-;/m1./s1. The Morgan fingerprint density at radius 3 is 2.38 bits per heavy atom. The van der Waals surface area contributed by atoms with E-state index in [1.165, 1.54) is 6.07 Å². The molecule has 1 fully saturated rings. The molecule has 24 heavy (non-hydrogen) atoms. The third-order valence-corrected chi connectivity index (χ3v) is 4.15. The molecule has 1 heterocycles. The molecule has 3 nitrogen and oxygen atoms in total. The Labute approximate surface area is 151 Å². The van der Waals surface area contributed by atoms with Gasteiger partial charge in [0.05, 0.1) is 5.02 Å².